The first kappa shape index (κ1) is 17.0. The number of amides is 3. The minimum atomic E-state index is -0.151. The molecular formula is C19H27N3O2. The molecule has 3 rings (SSSR count). The van der Waals surface area contributed by atoms with Gasteiger partial charge in [-0.15, -0.1) is 0 Å². The molecular weight excluding hydrogens is 302 g/mol. The van der Waals surface area contributed by atoms with Gasteiger partial charge in [0.25, 0.3) is 5.91 Å². The normalized spacial score (nSPS) is 18.4. The summed E-state index contributed by atoms with van der Waals surface area (Å²) in [6.45, 7) is 7.49. The summed E-state index contributed by atoms with van der Waals surface area (Å²) < 4.78 is 0. The van der Waals surface area contributed by atoms with Crippen molar-refractivity contribution >= 4 is 11.9 Å². The Morgan fingerprint density at radius 2 is 1.75 bits per heavy atom. The van der Waals surface area contributed by atoms with E-state index in [9.17, 15) is 9.59 Å². The van der Waals surface area contributed by atoms with E-state index in [0.717, 1.165) is 13.0 Å². The smallest absolute Gasteiger partial charge is 0.302 e. The molecule has 24 heavy (non-hydrogen) atoms. The number of rotatable bonds is 7. The van der Waals surface area contributed by atoms with Crippen molar-refractivity contribution in [2.24, 2.45) is 0 Å². The molecule has 1 aromatic carbocycles. The summed E-state index contributed by atoms with van der Waals surface area (Å²) in [5, 5.41) is 0. The van der Waals surface area contributed by atoms with Gasteiger partial charge in [0.15, 0.2) is 0 Å². The molecule has 1 saturated carbocycles. The van der Waals surface area contributed by atoms with Crippen LogP contribution in [0.15, 0.2) is 24.3 Å². The second-order valence-corrected chi connectivity index (χ2v) is 7.13. The average molecular weight is 329 g/mol. The lowest BCUT2D eigenvalue weighted by molar-refractivity contribution is -0.126. The summed E-state index contributed by atoms with van der Waals surface area (Å²) in [6.07, 6.45) is 3.40. The molecule has 0 bridgehead atoms. The fourth-order valence-electron chi connectivity index (χ4n) is 3.25. The van der Waals surface area contributed by atoms with Gasteiger partial charge in [0.1, 0.15) is 6.54 Å². The zero-order valence-electron chi connectivity index (χ0n) is 14.9. The molecule has 5 nitrogen and oxygen atoms in total. The molecule has 1 saturated heterocycles. The molecule has 1 heterocycles. The van der Waals surface area contributed by atoms with Crippen molar-refractivity contribution in [3.63, 3.8) is 0 Å². The Morgan fingerprint density at radius 3 is 2.25 bits per heavy atom. The second-order valence-electron chi connectivity index (χ2n) is 7.13. The molecule has 2 fully saturated rings. The lowest BCUT2D eigenvalue weighted by Gasteiger charge is -2.28. The maximum Gasteiger partial charge on any atom is 0.328 e. The highest BCUT2D eigenvalue weighted by molar-refractivity contribution is 6.02. The van der Waals surface area contributed by atoms with E-state index in [1.807, 2.05) is 13.8 Å². The molecule has 0 atom stereocenters. The van der Waals surface area contributed by atoms with Gasteiger partial charge in [0.2, 0.25) is 0 Å². The third-order valence-corrected chi connectivity index (χ3v) is 4.82. The topological polar surface area (TPSA) is 43.9 Å². The van der Waals surface area contributed by atoms with Crippen molar-refractivity contribution in [1.82, 2.24) is 14.7 Å². The summed E-state index contributed by atoms with van der Waals surface area (Å²) in [6, 6.07) is 8.99. The molecule has 0 spiro atoms. The second kappa shape index (κ2) is 6.93. The number of imide groups is 1. The highest BCUT2D eigenvalue weighted by Crippen LogP contribution is 2.29. The van der Waals surface area contributed by atoms with Crippen molar-refractivity contribution < 1.29 is 9.59 Å². The number of aryl methyl sites for hydroxylation is 1. The molecule has 2 aliphatic rings. The molecule has 5 heteroatoms. The van der Waals surface area contributed by atoms with E-state index >= 15 is 0 Å². The summed E-state index contributed by atoms with van der Waals surface area (Å²) in [5.41, 5.74) is 2.60. The quantitative estimate of drug-likeness (QED) is 0.723. The number of benzene rings is 1. The molecule has 1 aliphatic heterocycles. The molecule has 1 aliphatic carbocycles. The number of carbonyl (C=O) groups is 2. The molecule has 0 N–H and O–H groups in total. The predicted octanol–water partition coefficient (Wildman–Crippen LogP) is 2.84. The van der Waals surface area contributed by atoms with Gasteiger partial charge in [0, 0.05) is 18.6 Å². The zero-order chi connectivity index (χ0) is 17.3. The Kier molecular flexibility index (Phi) is 4.90. The van der Waals surface area contributed by atoms with E-state index in [1.165, 1.54) is 28.9 Å². The van der Waals surface area contributed by atoms with E-state index in [1.54, 1.807) is 4.90 Å². The molecule has 0 aromatic heterocycles. The van der Waals surface area contributed by atoms with Crippen molar-refractivity contribution in [3.05, 3.63) is 35.4 Å². The van der Waals surface area contributed by atoms with Gasteiger partial charge in [-0.25, -0.2) is 4.79 Å². The van der Waals surface area contributed by atoms with Crippen LogP contribution in [0.5, 0.6) is 0 Å². The van der Waals surface area contributed by atoms with Crippen molar-refractivity contribution in [1.29, 1.82) is 0 Å². The van der Waals surface area contributed by atoms with Crippen LogP contribution < -0.4 is 0 Å². The van der Waals surface area contributed by atoms with Crippen LogP contribution >= 0.6 is 0 Å². The highest BCUT2D eigenvalue weighted by Gasteiger charge is 2.40. The van der Waals surface area contributed by atoms with Crippen molar-refractivity contribution in [2.75, 3.05) is 13.2 Å². The van der Waals surface area contributed by atoms with Crippen LogP contribution in [0.2, 0.25) is 0 Å². The Balaban J connectivity index is 1.66. The highest BCUT2D eigenvalue weighted by atomic mass is 16.2. The SMILES string of the molecule is CCc1ccc(CN(CN2CC(=O)N(C(C)C)C2=O)C2CC2)cc1. The van der Waals surface area contributed by atoms with E-state index in [2.05, 4.69) is 36.1 Å². The van der Waals surface area contributed by atoms with Crippen LogP contribution in [0.25, 0.3) is 0 Å². The molecule has 0 unspecified atom stereocenters. The van der Waals surface area contributed by atoms with Crippen LogP contribution in [-0.4, -0.2) is 51.9 Å². The molecule has 3 amide bonds. The van der Waals surface area contributed by atoms with Gasteiger partial charge in [0.05, 0.1) is 6.67 Å². The monoisotopic (exact) mass is 329 g/mol. The third-order valence-electron chi connectivity index (χ3n) is 4.82. The number of carbonyl (C=O) groups excluding carboxylic acids is 2. The maximum atomic E-state index is 12.5. The Labute approximate surface area is 144 Å². The number of hydrogen-bond donors (Lipinski definition) is 0. The third kappa shape index (κ3) is 3.61. The van der Waals surface area contributed by atoms with E-state index < -0.39 is 0 Å². The summed E-state index contributed by atoms with van der Waals surface area (Å²) in [7, 11) is 0. The van der Waals surface area contributed by atoms with E-state index in [-0.39, 0.29) is 24.5 Å². The number of hydrogen-bond acceptors (Lipinski definition) is 3. The molecule has 1 aromatic rings. The Hall–Kier alpha value is -1.88. The first-order valence-corrected chi connectivity index (χ1v) is 8.92. The van der Waals surface area contributed by atoms with E-state index in [0.29, 0.717) is 12.7 Å². The van der Waals surface area contributed by atoms with Crippen LogP contribution in [0.3, 0.4) is 0 Å². The van der Waals surface area contributed by atoms with Gasteiger partial charge >= 0.3 is 6.03 Å². The number of urea groups is 1. The largest absolute Gasteiger partial charge is 0.328 e. The van der Waals surface area contributed by atoms with Gasteiger partial charge in [-0.05, 0) is 44.2 Å². The van der Waals surface area contributed by atoms with Crippen LogP contribution in [0, 0.1) is 0 Å². The number of nitrogens with zero attached hydrogens (tertiary/aromatic N) is 3. The lowest BCUT2D eigenvalue weighted by Crippen LogP contribution is -2.43. The first-order chi connectivity index (χ1) is 11.5. The molecule has 0 radical (unpaired) electrons. The standard InChI is InChI=1S/C19H27N3O2/c1-4-15-5-7-16(8-6-15)11-20(17-9-10-17)13-21-12-18(23)22(14(2)3)19(21)24/h5-8,14,17H,4,9-13H2,1-3H3. The average Bonchev–Trinajstić information content (AvgIpc) is 3.34. The minimum Gasteiger partial charge on any atom is -0.302 e. The summed E-state index contributed by atoms with van der Waals surface area (Å²) >= 11 is 0. The van der Waals surface area contributed by atoms with Crippen LogP contribution in [0.4, 0.5) is 4.79 Å². The van der Waals surface area contributed by atoms with Gasteiger partial charge in [-0.1, -0.05) is 31.2 Å². The van der Waals surface area contributed by atoms with Crippen LogP contribution in [0.1, 0.15) is 44.7 Å². The van der Waals surface area contributed by atoms with Gasteiger partial charge < -0.3 is 4.90 Å². The van der Waals surface area contributed by atoms with Crippen molar-refractivity contribution in [2.45, 2.75) is 58.7 Å². The van der Waals surface area contributed by atoms with Crippen LogP contribution in [-0.2, 0) is 17.8 Å². The van der Waals surface area contributed by atoms with E-state index in [4.69, 9.17) is 0 Å². The maximum absolute atomic E-state index is 12.5. The zero-order valence-corrected chi connectivity index (χ0v) is 14.9. The summed E-state index contributed by atoms with van der Waals surface area (Å²) in [4.78, 5) is 29.9. The first-order valence-electron chi connectivity index (χ1n) is 8.92. The minimum absolute atomic E-state index is 0.0778. The fourth-order valence-corrected chi connectivity index (χ4v) is 3.25. The van der Waals surface area contributed by atoms with Crippen molar-refractivity contribution in [3.8, 4) is 0 Å². The molecule has 130 valence electrons. The Bertz CT molecular complexity index is 608. The predicted molar refractivity (Wildman–Crippen MR) is 93.3 cm³/mol. The summed E-state index contributed by atoms with van der Waals surface area (Å²) in [5.74, 6) is -0.0851. The fraction of sp³-hybridized carbons (Fsp3) is 0.579. The Morgan fingerprint density at radius 1 is 1.12 bits per heavy atom. The lowest BCUT2D eigenvalue weighted by atomic mass is 10.1. The van der Waals surface area contributed by atoms with Gasteiger partial charge in [-0.2, -0.15) is 0 Å². The van der Waals surface area contributed by atoms with Gasteiger partial charge in [-0.3, -0.25) is 14.6 Å².